The monoisotopic (exact) mass is 589 g/mol. The lowest BCUT2D eigenvalue weighted by Gasteiger charge is -2.27. The fourth-order valence-electron chi connectivity index (χ4n) is 5.20. The van der Waals surface area contributed by atoms with Crippen LogP contribution in [0, 0.1) is 5.92 Å². The second-order valence-corrected chi connectivity index (χ2v) is 11.4. The van der Waals surface area contributed by atoms with E-state index in [1.165, 1.54) is 12.1 Å². The largest absolute Gasteiger partial charge is 0.508 e. The van der Waals surface area contributed by atoms with Crippen molar-refractivity contribution in [3.63, 3.8) is 0 Å². The summed E-state index contributed by atoms with van der Waals surface area (Å²) < 4.78 is 5.91. The van der Waals surface area contributed by atoms with Crippen LogP contribution in [0.25, 0.3) is 10.8 Å². The van der Waals surface area contributed by atoms with Gasteiger partial charge >= 0.3 is 5.97 Å². The molecule has 10 nitrogen and oxygen atoms in total. The predicted molar refractivity (Wildman–Crippen MR) is 162 cm³/mol. The van der Waals surface area contributed by atoms with E-state index >= 15 is 0 Å². The molecule has 4 rings (SSSR count). The topological polar surface area (TPSA) is 145 Å². The van der Waals surface area contributed by atoms with Crippen molar-refractivity contribution >= 4 is 34.5 Å². The lowest BCUT2D eigenvalue weighted by molar-refractivity contribution is -0.142. The number of carboxylic acid groups (broad SMARTS) is 1. The summed E-state index contributed by atoms with van der Waals surface area (Å²) in [5.41, 5.74) is 0.997. The summed E-state index contributed by atoms with van der Waals surface area (Å²) in [6.45, 7) is 4.68. The summed E-state index contributed by atoms with van der Waals surface area (Å²) in [7, 11) is 0. The first kappa shape index (κ1) is 31.3. The van der Waals surface area contributed by atoms with Crippen molar-refractivity contribution in [2.75, 3.05) is 19.7 Å². The Morgan fingerprint density at radius 1 is 0.884 bits per heavy atom. The summed E-state index contributed by atoms with van der Waals surface area (Å²) in [4.78, 5) is 53.4. The van der Waals surface area contributed by atoms with Gasteiger partial charge in [0, 0.05) is 19.5 Å². The third-order valence-corrected chi connectivity index (χ3v) is 7.43. The molecule has 0 radical (unpaired) electrons. The van der Waals surface area contributed by atoms with Crippen LogP contribution in [0.4, 0.5) is 0 Å². The Labute approximate surface area is 251 Å². The second-order valence-electron chi connectivity index (χ2n) is 11.4. The molecule has 1 aliphatic rings. The molecule has 10 heteroatoms. The number of aromatic hydroxyl groups is 1. The molecule has 2 atom stereocenters. The Morgan fingerprint density at radius 2 is 1.53 bits per heavy atom. The lowest BCUT2D eigenvalue weighted by Crippen LogP contribution is -2.53. The number of piperidine rings is 1. The first-order chi connectivity index (χ1) is 20.6. The smallest absolute Gasteiger partial charge is 0.326 e. The molecule has 228 valence electrons. The van der Waals surface area contributed by atoms with Crippen molar-refractivity contribution < 1.29 is 34.1 Å². The van der Waals surface area contributed by atoms with Gasteiger partial charge in [-0.15, -0.1) is 0 Å². The molecular weight excluding hydrogens is 550 g/mol. The number of likely N-dealkylation sites (tertiary alicyclic amines) is 1. The van der Waals surface area contributed by atoms with Crippen LogP contribution in [0.15, 0.2) is 60.7 Å². The maximum absolute atomic E-state index is 13.4. The molecule has 3 aromatic carbocycles. The van der Waals surface area contributed by atoms with E-state index in [0.717, 1.165) is 30.0 Å². The number of nitrogens with one attached hydrogen (secondary N) is 2. The Morgan fingerprint density at radius 3 is 2.16 bits per heavy atom. The van der Waals surface area contributed by atoms with Crippen LogP contribution in [-0.4, -0.2) is 70.6 Å². The summed E-state index contributed by atoms with van der Waals surface area (Å²) >= 11 is 0. The second kappa shape index (κ2) is 14.5. The van der Waals surface area contributed by atoms with E-state index in [2.05, 4.69) is 10.6 Å². The highest BCUT2D eigenvalue weighted by atomic mass is 16.5. The number of hydrogen-bond acceptors (Lipinski definition) is 6. The van der Waals surface area contributed by atoms with Crippen molar-refractivity contribution in [2.24, 2.45) is 5.92 Å². The quantitative estimate of drug-likeness (QED) is 0.251. The van der Waals surface area contributed by atoms with E-state index in [4.69, 9.17) is 4.74 Å². The summed E-state index contributed by atoms with van der Waals surface area (Å²) in [5.74, 6) is -2.21. The van der Waals surface area contributed by atoms with Crippen molar-refractivity contribution in [2.45, 2.75) is 58.0 Å². The number of carboxylic acids is 1. The van der Waals surface area contributed by atoms with Crippen LogP contribution in [-0.2, 0) is 20.8 Å². The number of nitrogens with zero attached hydrogens (tertiary/aromatic N) is 1. The maximum Gasteiger partial charge on any atom is 0.326 e. The summed E-state index contributed by atoms with van der Waals surface area (Å²) in [6, 6.07) is 14.9. The van der Waals surface area contributed by atoms with Gasteiger partial charge in [0.15, 0.2) is 6.61 Å². The molecule has 1 fully saturated rings. The molecule has 1 aliphatic heterocycles. The third kappa shape index (κ3) is 8.70. The molecule has 0 aliphatic carbocycles. The Bertz CT molecular complexity index is 1450. The van der Waals surface area contributed by atoms with E-state index in [0.29, 0.717) is 24.2 Å². The van der Waals surface area contributed by atoms with Crippen molar-refractivity contribution in [3.8, 4) is 11.5 Å². The van der Waals surface area contributed by atoms with Gasteiger partial charge in [-0.2, -0.15) is 0 Å². The predicted octanol–water partition coefficient (Wildman–Crippen LogP) is 3.89. The van der Waals surface area contributed by atoms with E-state index < -0.39 is 36.5 Å². The van der Waals surface area contributed by atoms with Gasteiger partial charge in [-0.05, 0) is 72.2 Å². The van der Waals surface area contributed by atoms with Gasteiger partial charge in [-0.1, -0.05) is 50.2 Å². The molecule has 3 amide bonds. The molecule has 0 unspecified atom stereocenters. The van der Waals surface area contributed by atoms with Crippen molar-refractivity contribution in [1.29, 1.82) is 0 Å². The summed E-state index contributed by atoms with van der Waals surface area (Å²) in [5, 5.41) is 26.2. The zero-order valence-electron chi connectivity index (χ0n) is 24.5. The van der Waals surface area contributed by atoms with Gasteiger partial charge in [0.1, 0.15) is 23.6 Å². The van der Waals surface area contributed by atoms with E-state index in [-0.39, 0.29) is 36.2 Å². The molecule has 0 aromatic heterocycles. The van der Waals surface area contributed by atoms with E-state index in [1.807, 2.05) is 38.1 Å². The lowest BCUT2D eigenvalue weighted by atomic mass is 10.0. The minimum Gasteiger partial charge on any atom is -0.508 e. The zero-order valence-corrected chi connectivity index (χ0v) is 24.5. The van der Waals surface area contributed by atoms with Crippen molar-refractivity contribution in [1.82, 2.24) is 15.5 Å². The van der Waals surface area contributed by atoms with Crippen molar-refractivity contribution in [3.05, 3.63) is 71.8 Å². The number of aliphatic carboxylic acids is 1. The Balaban J connectivity index is 1.45. The molecule has 4 N–H and O–H groups in total. The average Bonchev–Trinajstić information content (AvgIpc) is 2.99. The van der Waals surface area contributed by atoms with Crippen LogP contribution >= 0.6 is 0 Å². The number of fused-ring (bicyclic) bond motifs is 1. The number of carbonyl (C=O) groups is 4. The Kier molecular flexibility index (Phi) is 10.6. The Hall–Kier alpha value is -4.60. The first-order valence-corrected chi connectivity index (χ1v) is 14.7. The minimum absolute atomic E-state index is 0.00258. The normalized spacial score (nSPS) is 14.6. The number of rotatable bonds is 12. The van der Waals surface area contributed by atoms with Crippen LogP contribution in [0.2, 0.25) is 0 Å². The van der Waals surface area contributed by atoms with Gasteiger partial charge in [0.2, 0.25) is 5.91 Å². The van der Waals surface area contributed by atoms with Gasteiger partial charge < -0.3 is 30.5 Å². The zero-order chi connectivity index (χ0) is 30.9. The molecule has 0 bridgehead atoms. The maximum atomic E-state index is 13.4. The van der Waals surface area contributed by atoms with Crippen LogP contribution < -0.4 is 15.4 Å². The molecular formula is C33H39N3O7. The minimum atomic E-state index is -1.24. The fraction of sp³-hybridized carbons (Fsp3) is 0.394. The number of phenols is 1. The van der Waals surface area contributed by atoms with Gasteiger partial charge in [-0.3, -0.25) is 14.4 Å². The number of benzene rings is 3. The van der Waals surface area contributed by atoms with E-state index in [9.17, 15) is 29.4 Å². The standard InChI is InChI=1S/C33H39N3O7/c1-21(2)16-27(31(39)35-28(33(41)42)17-22-10-12-25(37)13-11-22)34-30(38)20-43-29-19-24-9-5-4-8-23(24)18-26(29)32(40)36-14-6-3-7-15-36/h4-5,8-13,18-19,21,27-28,37H,3,6-7,14-17,20H2,1-2H3,(H,34,38)(H,35,39)(H,41,42)/t27-,28-/m0/s1. The molecule has 0 spiro atoms. The number of ether oxygens (including phenoxy) is 1. The molecule has 43 heavy (non-hydrogen) atoms. The van der Waals surface area contributed by atoms with Crippen LogP contribution in [0.3, 0.4) is 0 Å². The summed E-state index contributed by atoms with van der Waals surface area (Å²) in [6.07, 6.45) is 3.24. The number of carbonyl (C=O) groups excluding carboxylic acids is 3. The molecule has 0 saturated carbocycles. The number of hydrogen-bond donors (Lipinski definition) is 4. The van der Waals surface area contributed by atoms with E-state index in [1.54, 1.807) is 29.2 Å². The van der Waals surface area contributed by atoms with Gasteiger partial charge in [0.25, 0.3) is 11.8 Å². The number of phenolic OH excluding ortho intramolecular Hbond substituents is 1. The van der Waals surface area contributed by atoms with Crippen LogP contribution in [0.5, 0.6) is 11.5 Å². The van der Waals surface area contributed by atoms with Crippen LogP contribution in [0.1, 0.15) is 55.5 Å². The highest BCUT2D eigenvalue weighted by Crippen LogP contribution is 2.28. The third-order valence-electron chi connectivity index (χ3n) is 7.43. The highest BCUT2D eigenvalue weighted by Gasteiger charge is 2.28. The molecule has 1 saturated heterocycles. The number of amides is 3. The van der Waals surface area contributed by atoms with Gasteiger partial charge in [-0.25, -0.2) is 4.79 Å². The first-order valence-electron chi connectivity index (χ1n) is 14.7. The molecule has 1 heterocycles. The highest BCUT2D eigenvalue weighted by molar-refractivity contribution is 6.02. The SMILES string of the molecule is CC(C)C[C@H](NC(=O)COc1cc2ccccc2cc1C(=O)N1CCCCC1)C(=O)N[C@@H](Cc1ccc(O)cc1)C(=O)O. The average molecular weight is 590 g/mol. The fourth-order valence-corrected chi connectivity index (χ4v) is 5.20. The van der Waals surface area contributed by atoms with Gasteiger partial charge in [0.05, 0.1) is 5.56 Å². The molecule has 3 aromatic rings.